The molecule has 0 bridgehead atoms. The van der Waals surface area contributed by atoms with Gasteiger partial charge in [-0.25, -0.2) is 4.79 Å². The number of benzene rings is 2. The first kappa shape index (κ1) is 14.1. The van der Waals surface area contributed by atoms with Gasteiger partial charge in [0.05, 0.1) is 0 Å². The van der Waals surface area contributed by atoms with Gasteiger partial charge in [0, 0.05) is 5.56 Å². The van der Waals surface area contributed by atoms with Gasteiger partial charge in [-0.2, -0.15) is 0 Å². The van der Waals surface area contributed by atoms with E-state index in [1.165, 1.54) is 6.07 Å². The topological polar surface area (TPSA) is 56.5 Å². The largest absolute Gasteiger partial charge is 0.454 e. The van der Waals surface area contributed by atoms with Crippen LogP contribution in [0, 0.1) is 6.92 Å². The average Bonchev–Trinajstić information content (AvgIpc) is 2.98. The van der Waals surface area contributed by atoms with E-state index in [4.69, 9.17) is 9.15 Å². The van der Waals surface area contributed by atoms with Crippen LogP contribution in [0.4, 0.5) is 0 Å². The van der Waals surface area contributed by atoms with E-state index < -0.39 is 5.97 Å². The Morgan fingerprint density at radius 3 is 2.50 bits per heavy atom. The van der Waals surface area contributed by atoms with Crippen molar-refractivity contribution in [3.05, 3.63) is 71.7 Å². The minimum absolute atomic E-state index is 0.101. The van der Waals surface area contributed by atoms with E-state index >= 15 is 0 Å². The molecule has 2 aromatic carbocycles. The second-order valence-electron chi connectivity index (χ2n) is 4.97. The van der Waals surface area contributed by atoms with Crippen LogP contribution in [0.3, 0.4) is 0 Å². The third-order valence-electron chi connectivity index (χ3n) is 3.35. The number of hydrogen-bond donors (Lipinski definition) is 0. The lowest BCUT2D eigenvalue weighted by atomic mass is 10.0. The second kappa shape index (κ2) is 5.85. The Balaban J connectivity index is 1.69. The lowest BCUT2D eigenvalue weighted by Crippen LogP contribution is -2.13. The number of ketones is 1. The van der Waals surface area contributed by atoms with E-state index in [0.29, 0.717) is 11.3 Å². The summed E-state index contributed by atoms with van der Waals surface area (Å²) in [5.41, 5.74) is 0.516. The summed E-state index contributed by atoms with van der Waals surface area (Å²) in [5, 5.41) is 2.03. The number of Topliss-reactive ketones (excluding diaryl/α,β-unsaturated/α-hetero) is 1. The fourth-order valence-electron chi connectivity index (χ4n) is 2.19. The minimum atomic E-state index is -0.637. The zero-order valence-corrected chi connectivity index (χ0v) is 12.0. The Morgan fingerprint density at radius 1 is 1.00 bits per heavy atom. The molecule has 22 heavy (non-hydrogen) atoms. The predicted octanol–water partition coefficient (Wildman–Crippen LogP) is 3.78. The summed E-state index contributed by atoms with van der Waals surface area (Å²) in [6.07, 6.45) is 0. The first-order valence-corrected chi connectivity index (χ1v) is 6.89. The number of furan rings is 1. The summed E-state index contributed by atoms with van der Waals surface area (Å²) in [6.45, 7) is 1.42. The molecule has 0 aliphatic carbocycles. The average molecular weight is 294 g/mol. The van der Waals surface area contributed by atoms with Gasteiger partial charge in [-0.1, -0.05) is 36.4 Å². The second-order valence-corrected chi connectivity index (χ2v) is 4.97. The number of ether oxygens (including phenoxy) is 1. The summed E-state index contributed by atoms with van der Waals surface area (Å²) >= 11 is 0. The highest BCUT2D eigenvalue weighted by atomic mass is 16.5. The zero-order valence-electron chi connectivity index (χ0n) is 12.0. The van der Waals surface area contributed by atoms with E-state index in [0.717, 1.165) is 10.8 Å². The SMILES string of the molecule is Cc1ccc(C(=O)OCC(=O)c2ccc3ccccc3c2)o1. The molecule has 0 radical (unpaired) electrons. The first-order valence-electron chi connectivity index (χ1n) is 6.89. The van der Waals surface area contributed by atoms with Crippen molar-refractivity contribution < 1.29 is 18.7 Å². The van der Waals surface area contributed by atoms with Crippen molar-refractivity contribution in [2.75, 3.05) is 6.61 Å². The molecule has 0 saturated carbocycles. The predicted molar refractivity (Wildman–Crippen MR) is 82.0 cm³/mol. The molecule has 0 atom stereocenters. The van der Waals surface area contributed by atoms with Gasteiger partial charge in [-0.15, -0.1) is 0 Å². The highest BCUT2D eigenvalue weighted by Gasteiger charge is 2.14. The van der Waals surface area contributed by atoms with E-state index in [1.807, 2.05) is 30.3 Å². The number of carbonyl (C=O) groups is 2. The van der Waals surface area contributed by atoms with Crippen molar-refractivity contribution in [2.24, 2.45) is 0 Å². The van der Waals surface area contributed by atoms with Crippen molar-refractivity contribution in [2.45, 2.75) is 6.92 Å². The molecule has 1 aromatic heterocycles. The first-order chi connectivity index (χ1) is 10.6. The third-order valence-corrected chi connectivity index (χ3v) is 3.35. The fourth-order valence-corrected chi connectivity index (χ4v) is 2.19. The molecule has 0 spiro atoms. The van der Waals surface area contributed by atoms with Crippen LogP contribution in [0.2, 0.25) is 0 Å². The standard InChI is InChI=1S/C18H14O4/c1-12-6-9-17(22-12)18(20)21-11-16(19)15-8-7-13-4-2-3-5-14(13)10-15/h2-10H,11H2,1H3. The van der Waals surface area contributed by atoms with Gasteiger partial charge in [-0.05, 0) is 35.9 Å². The maximum absolute atomic E-state index is 12.1. The maximum Gasteiger partial charge on any atom is 0.374 e. The highest BCUT2D eigenvalue weighted by molar-refractivity contribution is 6.01. The van der Waals surface area contributed by atoms with Crippen LogP contribution >= 0.6 is 0 Å². The van der Waals surface area contributed by atoms with Gasteiger partial charge >= 0.3 is 5.97 Å². The van der Waals surface area contributed by atoms with Gasteiger partial charge in [0.1, 0.15) is 5.76 Å². The lowest BCUT2D eigenvalue weighted by molar-refractivity contribution is 0.0443. The Bertz CT molecular complexity index is 845. The Morgan fingerprint density at radius 2 is 1.77 bits per heavy atom. The molecule has 0 fully saturated rings. The summed E-state index contributed by atoms with van der Waals surface area (Å²) < 4.78 is 10.1. The molecule has 3 aromatic rings. The molecule has 0 aliphatic heterocycles. The number of hydrogen-bond acceptors (Lipinski definition) is 4. The molecular weight excluding hydrogens is 280 g/mol. The van der Waals surface area contributed by atoms with Crippen LogP contribution in [0.1, 0.15) is 26.7 Å². The van der Waals surface area contributed by atoms with Crippen LogP contribution in [0.15, 0.2) is 59.0 Å². The van der Waals surface area contributed by atoms with E-state index in [-0.39, 0.29) is 18.2 Å². The van der Waals surface area contributed by atoms with Crippen LogP contribution < -0.4 is 0 Å². The molecule has 1 heterocycles. The minimum Gasteiger partial charge on any atom is -0.454 e. The van der Waals surface area contributed by atoms with Gasteiger partial charge in [0.15, 0.2) is 12.4 Å². The number of fused-ring (bicyclic) bond motifs is 1. The maximum atomic E-state index is 12.1. The van der Waals surface area contributed by atoms with E-state index in [1.54, 1.807) is 25.1 Å². The Labute approximate surface area is 127 Å². The summed E-state index contributed by atoms with van der Waals surface area (Å²) in [6, 6.07) is 16.4. The van der Waals surface area contributed by atoms with Crippen LogP contribution in [-0.2, 0) is 4.74 Å². The van der Waals surface area contributed by atoms with E-state index in [9.17, 15) is 9.59 Å². The third kappa shape index (κ3) is 2.91. The molecule has 0 aliphatic rings. The lowest BCUT2D eigenvalue weighted by Gasteiger charge is -2.04. The molecular formula is C18H14O4. The number of esters is 1. The van der Waals surface area contributed by atoms with Gasteiger partial charge in [-0.3, -0.25) is 4.79 Å². The monoisotopic (exact) mass is 294 g/mol. The fraction of sp³-hybridized carbons (Fsp3) is 0.111. The van der Waals surface area contributed by atoms with Crippen molar-refractivity contribution >= 4 is 22.5 Å². The number of aryl methyl sites for hydroxylation is 1. The molecule has 4 nitrogen and oxygen atoms in total. The molecule has 0 unspecified atom stereocenters. The normalized spacial score (nSPS) is 10.6. The number of carbonyl (C=O) groups excluding carboxylic acids is 2. The number of rotatable bonds is 4. The van der Waals surface area contributed by atoms with Gasteiger partial charge < -0.3 is 9.15 Å². The van der Waals surface area contributed by atoms with E-state index in [2.05, 4.69) is 0 Å². The molecule has 0 saturated heterocycles. The van der Waals surface area contributed by atoms with Crippen molar-refractivity contribution in [3.8, 4) is 0 Å². The Kier molecular flexibility index (Phi) is 3.74. The summed E-state index contributed by atoms with van der Waals surface area (Å²) in [5.74, 6) is -0.166. The molecule has 0 N–H and O–H groups in total. The zero-order chi connectivity index (χ0) is 15.5. The summed E-state index contributed by atoms with van der Waals surface area (Å²) in [4.78, 5) is 23.9. The quantitative estimate of drug-likeness (QED) is 0.543. The Hall–Kier alpha value is -2.88. The molecule has 4 heteroatoms. The van der Waals surface area contributed by atoms with Gasteiger partial charge in [0.25, 0.3) is 0 Å². The van der Waals surface area contributed by atoms with Crippen molar-refractivity contribution in [3.63, 3.8) is 0 Å². The van der Waals surface area contributed by atoms with Crippen LogP contribution in [0.25, 0.3) is 10.8 Å². The smallest absolute Gasteiger partial charge is 0.374 e. The van der Waals surface area contributed by atoms with Crippen molar-refractivity contribution in [1.82, 2.24) is 0 Å². The van der Waals surface area contributed by atoms with Crippen LogP contribution in [-0.4, -0.2) is 18.4 Å². The molecule has 3 rings (SSSR count). The summed E-state index contributed by atoms with van der Waals surface area (Å²) in [7, 11) is 0. The molecule has 0 amide bonds. The van der Waals surface area contributed by atoms with Gasteiger partial charge in [0.2, 0.25) is 5.76 Å². The van der Waals surface area contributed by atoms with Crippen LogP contribution in [0.5, 0.6) is 0 Å². The molecule has 110 valence electrons. The van der Waals surface area contributed by atoms with Crippen molar-refractivity contribution in [1.29, 1.82) is 0 Å². The highest BCUT2D eigenvalue weighted by Crippen LogP contribution is 2.16.